The van der Waals surface area contributed by atoms with Crippen LogP contribution in [0.5, 0.6) is 0 Å². The number of ketones is 1. The average molecular weight is 632 g/mol. The van der Waals surface area contributed by atoms with E-state index in [9.17, 15) is 14.4 Å². The lowest BCUT2D eigenvalue weighted by atomic mass is 9.33. The SMILES string of the molecule is COC(=O)[C@@]1(C)CC[C@]2(C)CC[C@]3(C)C(=CC(=O)[C@@H]4[C@@]5(C)Cc6cn(C(=O)CC7CCNCC7)nc6C(C)(C)[C@@H]5CC[C@]43C)[C@H]2C1. The second-order valence-corrected chi connectivity index (χ2v) is 18.4. The molecule has 7 rings (SSSR count). The topological polar surface area (TPSA) is 90.3 Å². The lowest BCUT2D eigenvalue weighted by Gasteiger charge is -2.69. The molecule has 8 atom stereocenters. The maximum Gasteiger partial charge on any atom is 0.311 e. The van der Waals surface area contributed by atoms with Gasteiger partial charge in [-0.15, -0.1) is 0 Å². The van der Waals surface area contributed by atoms with Crippen molar-refractivity contribution in [3.8, 4) is 0 Å². The Labute approximate surface area is 276 Å². The maximum atomic E-state index is 14.8. The summed E-state index contributed by atoms with van der Waals surface area (Å²) >= 11 is 0. The molecular weight excluding hydrogens is 574 g/mol. The summed E-state index contributed by atoms with van der Waals surface area (Å²) in [5.41, 5.74) is 2.31. The smallest absolute Gasteiger partial charge is 0.311 e. The zero-order valence-electron chi connectivity index (χ0n) is 29.7. The number of allylic oxidation sites excluding steroid dienone is 2. The fourth-order valence-electron chi connectivity index (χ4n) is 12.6. The van der Waals surface area contributed by atoms with Crippen LogP contribution in [0.15, 0.2) is 17.8 Å². The summed E-state index contributed by atoms with van der Waals surface area (Å²) < 4.78 is 6.97. The van der Waals surface area contributed by atoms with E-state index in [2.05, 4.69) is 59.9 Å². The number of methoxy groups -OCH3 is 1. The van der Waals surface area contributed by atoms with Gasteiger partial charge in [0.1, 0.15) is 0 Å². The van der Waals surface area contributed by atoms with Gasteiger partial charge in [0.05, 0.1) is 18.2 Å². The number of carbonyl (C=O) groups is 3. The molecule has 0 bridgehead atoms. The predicted octanol–water partition coefficient (Wildman–Crippen LogP) is 7.08. The molecule has 2 heterocycles. The molecule has 0 radical (unpaired) electrons. The van der Waals surface area contributed by atoms with E-state index in [4.69, 9.17) is 9.84 Å². The van der Waals surface area contributed by atoms with Crippen molar-refractivity contribution in [3.05, 3.63) is 29.1 Å². The molecule has 252 valence electrons. The number of piperidine rings is 1. The van der Waals surface area contributed by atoms with Crippen molar-refractivity contribution < 1.29 is 19.1 Å². The van der Waals surface area contributed by atoms with Gasteiger partial charge in [0.25, 0.3) is 0 Å². The summed E-state index contributed by atoms with van der Waals surface area (Å²) in [7, 11) is 1.51. The van der Waals surface area contributed by atoms with Gasteiger partial charge in [-0.3, -0.25) is 14.4 Å². The highest BCUT2D eigenvalue weighted by Crippen LogP contribution is 2.74. The van der Waals surface area contributed by atoms with E-state index in [0.717, 1.165) is 88.6 Å². The number of hydrogen-bond acceptors (Lipinski definition) is 6. The third kappa shape index (κ3) is 4.31. The Morgan fingerprint density at radius 3 is 2.37 bits per heavy atom. The van der Waals surface area contributed by atoms with Crippen molar-refractivity contribution in [1.82, 2.24) is 15.1 Å². The summed E-state index contributed by atoms with van der Waals surface area (Å²) in [6.45, 7) is 18.3. The third-order valence-electron chi connectivity index (χ3n) is 15.5. The fourth-order valence-corrected chi connectivity index (χ4v) is 12.6. The van der Waals surface area contributed by atoms with Crippen LogP contribution in [-0.4, -0.2) is 47.6 Å². The Morgan fingerprint density at radius 2 is 1.67 bits per heavy atom. The van der Waals surface area contributed by atoms with Gasteiger partial charge in [-0.05, 0) is 135 Å². The molecule has 5 aliphatic carbocycles. The molecule has 46 heavy (non-hydrogen) atoms. The van der Waals surface area contributed by atoms with Gasteiger partial charge >= 0.3 is 5.97 Å². The van der Waals surface area contributed by atoms with Crippen molar-refractivity contribution in [2.45, 2.75) is 125 Å². The molecule has 6 aliphatic rings. The molecule has 3 saturated carbocycles. The number of ether oxygens (including phenoxy) is 1. The van der Waals surface area contributed by atoms with Crippen molar-refractivity contribution in [2.24, 2.45) is 50.7 Å². The highest BCUT2D eigenvalue weighted by atomic mass is 16.5. The van der Waals surface area contributed by atoms with Crippen LogP contribution in [0.2, 0.25) is 0 Å². The number of hydrogen-bond donors (Lipinski definition) is 1. The Bertz CT molecular complexity index is 1500. The van der Waals surface area contributed by atoms with Crippen LogP contribution in [0.1, 0.15) is 129 Å². The molecule has 4 fully saturated rings. The van der Waals surface area contributed by atoms with Crippen LogP contribution in [0.4, 0.5) is 0 Å². The minimum atomic E-state index is -0.516. The second kappa shape index (κ2) is 10.4. The largest absolute Gasteiger partial charge is 0.469 e. The van der Waals surface area contributed by atoms with Crippen LogP contribution in [0, 0.1) is 50.7 Å². The molecule has 1 aliphatic heterocycles. The van der Waals surface area contributed by atoms with E-state index in [0.29, 0.717) is 18.3 Å². The number of aromatic nitrogens is 2. The van der Waals surface area contributed by atoms with Crippen LogP contribution in [-0.2, 0) is 26.2 Å². The van der Waals surface area contributed by atoms with Crippen molar-refractivity contribution in [2.75, 3.05) is 20.2 Å². The highest BCUT2D eigenvalue weighted by Gasteiger charge is 2.70. The Morgan fingerprint density at radius 1 is 0.978 bits per heavy atom. The molecule has 0 amide bonds. The van der Waals surface area contributed by atoms with E-state index in [1.165, 1.54) is 12.7 Å². The number of nitrogens with one attached hydrogen (secondary N) is 1. The van der Waals surface area contributed by atoms with Crippen LogP contribution in [0.3, 0.4) is 0 Å². The van der Waals surface area contributed by atoms with E-state index in [1.807, 2.05) is 6.20 Å². The van der Waals surface area contributed by atoms with Crippen LogP contribution in [0.25, 0.3) is 0 Å². The lowest BCUT2D eigenvalue weighted by Crippen LogP contribution is -2.66. The summed E-state index contributed by atoms with van der Waals surface area (Å²) in [5.74, 6) is 1.07. The van der Waals surface area contributed by atoms with E-state index in [-0.39, 0.29) is 56.6 Å². The van der Waals surface area contributed by atoms with Gasteiger partial charge in [0, 0.05) is 24.0 Å². The van der Waals surface area contributed by atoms with Crippen molar-refractivity contribution >= 4 is 17.7 Å². The predicted molar refractivity (Wildman–Crippen MR) is 178 cm³/mol. The molecule has 7 nitrogen and oxygen atoms in total. The van der Waals surface area contributed by atoms with Gasteiger partial charge in [0.15, 0.2) is 5.78 Å². The minimum absolute atomic E-state index is 0.0977. The molecule has 7 heteroatoms. The first-order valence-electron chi connectivity index (χ1n) is 18.2. The van der Waals surface area contributed by atoms with Crippen LogP contribution < -0.4 is 5.32 Å². The van der Waals surface area contributed by atoms with Crippen molar-refractivity contribution in [3.63, 3.8) is 0 Å². The van der Waals surface area contributed by atoms with Gasteiger partial charge in [-0.25, -0.2) is 4.68 Å². The summed E-state index contributed by atoms with van der Waals surface area (Å²) in [6.07, 6.45) is 14.4. The Balaban J connectivity index is 1.26. The standard InChI is InChI=1S/C39H57N3O4/c1-34(2)29-9-12-39(7)31(37(29,5)21-25-23-42(41-32(25)34)30(44)19-24-10-17-40-18-11-24)28(43)20-26-27-22-36(4,33(45)46-8)14-13-35(27,3)15-16-38(26,39)6/h20,23-24,27,29,31,40H,9-19,21-22H2,1-8H3/t27-,29+,31-,35-,36+,37+,38-,39-/m1/s1. The second-order valence-electron chi connectivity index (χ2n) is 18.4. The Hall–Kier alpha value is -2.28. The first-order chi connectivity index (χ1) is 21.5. The minimum Gasteiger partial charge on any atom is -0.469 e. The molecule has 1 N–H and O–H groups in total. The number of carbonyl (C=O) groups excluding carboxylic acids is 3. The molecule has 0 unspecified atom stereocenters. The Kier molecular flexibility index (Phi) is 7.27. The normalized spacial score (nSPS) is 43.3. The zero-order chi connectivity index (χ0) is 33.1. The monoisotopic (exact) mass is 631 g/mol. The molecule has 1 saturated heterocycles. The molecule has 0 spiro atoms. The van der Waals surface area contributed by atoms with Gasteiger partial charge in [-0.1, -0.05) is 47.1 Å². The van der Waals surface area contributed by atoms with Gasteiger partial charge in [-0.2, -0.15) is 5.10 Å². The zero-order valence-corrected chi connectivity index (χ0v) is 29.7. The van der Waals surface area contributed by atoms with Gasteiger partial charge in [0.2, 0.25) is 5.91 Å². The van der Waals surface area contributed by atoms with Crippen molar-refractivity contribution in [1.29, 1.82) is 0 Å². The summed E-state index contributed by atoms with van der Waals surface area (Å²) in [6, 6.07) is 0. The van der Waals surface area contributed by atoms with Gasteiger partial charge < -0.3 is 10.1 Å². The fraction of sp³-hybridized carbons (Fsp3) is 0.795. The lowest BCUT2D eigenvalue weighted by molar-refractivity contribution is -0.174. The molecular formula is C39H57N3O4. The third-order valence-corrected chi connectivity index (χ3v) is 15.5. The first-order valence-corrected chi connectivity index (χ1v) is 18.2. The highest BCUT2D eigenvalue weighted by molar-refractivity contribution is 5.96. The van der Waals surface area contributed by atoms with Crippen LogP contribution >= 0.6 is 0 Å². The average Bonchev–Trinajstić information content (AvgIpc) is 3.44. The summed E-state index contributed by atoms with van der Waals surface area (Å²) in [4.78, 5) is 41.4. The molecule has 1 aromatic heterocycles. The first kappa shape index (κ1) is 32.3. The maximum absolute atomic E-state index is 14.8. The van der Waals surface area contributed by atoms with E-state index >= 15 is 0 Å². The molecule has 0 aromatic carbocycles. The number of esters is 1. The van der Waals surface area contributed by atoms with E-state index < -0.39 is 5.41 Å². The van der Waals surface area contributed by atoms with E-state index in [1.54, 1.807) is 4.68 Å². The number of nitrogens with zero attached hydrogens (tertiary/aromatic N) is 2. The molecule has 1 aromatic rings. The number of rotatable bonds is 3. The summed E-state index contributed by atoms with van der Waals surface area (Å²) in [5, 5.41) is 8.42. The number of fused-ring (bicyclic) bond motifs is 8. The quantitative estimate of drug-likeness (QED) is 0.359.